The molecular formula is C14H10BrFN2. The van der Waals surface area contributed by atoms with Gasteiger partial charge in [0, 0.05) is 4.47 Å². The van der Waals surface area contributed by atoms with E-state index < -0.39 is 0 Å². The number of hydrogen-bond acceptors (Lipinski definition) is 2. The van der Waals surface area contributed by atoms with Crippen LogP contribution in [0.1, 0.15) is 11.1 Å². The topological polar surface area (TPSA) is 35.8 Å². The van der Waals surface area contributed by atoms with E-state index in [1.165, 1.54) is 6.07 Å². The Kier molecular flexibility index (Phi) is 3.63. The molecule has 2 rings (SSSR count). The fourth-order valence-corrected chi connectivity index (χ4v) is 1.96. The maximum atomic E-state index is 13.6. The van der Waals surface area contributed by atoms with Crippen molar-refractivity contribution in [2.75, 3.05) is 5.32 Å². The number of benzene rings is 2. The van der Waals surface area contributed by atoms with Gasteiger partial charge in [-0.1, -0.05) is 22.0 Å². The van der Waals surface area contributed by atoms with Gasteiger partial charge in [0.05, 0.1) is 16.9 Å². The smallest absolute Gasteiger partial charge is 0.146 e. The Morgan fingerprint density at radius 2 is 1.94 bits per heavy atom. The van der Waals surface area contributed by atoms with Crippen molar-refractivity contribution in [2.24, 2.45) is 0 Å². The Morgan fingerprint density at radius 1 is 1.17 bits per heavy atom. The average Bonchev–Trinajstić information content (AvgIpc) is 2.36. The first-order valence-electron chi connectivity index (χ1n) is 5.33. The van der Waals surface area contributed by atoms with Crippen molar-refractivity contribution in [1.82, 2.24) is 0 Å². The van der Waals surface area contributed by atoms with Gasteiger partial charge >= 0.3 is 0 Å². The summed E-state index contributed by atoms with van der Waals surface area (Å²) in [5.41, 5.74) is 2.42. The SMILES string of the molecule is Cc1ccc(Nc2cc(Br)ccc2F)c(C#N)c1. The number of nitrogens with one attached hydrogen (secondary N) is 1. The van der Waals surface area contributed by atoms with E-state index in [0.717, 1.165) is 10.0 Å². The van der Waals surface area contributed by atoms with Gasteiger partial charge in [0.1, 0.15) is 11.9 Å². The summed E-state index contributed by atoms with van der Waals surface area (Å²) in [6, 6.07) is 12.1. The summed E-state index contributed by atoms with van der Waals surface area (Å²) in [5, 5.41) is 12.0. The van der Waals surface area contributed by atoms with E-state index in [-0.39, 0.29) is 5.82 Å². The Labute approximate surface area is 113 Å². The van der Waals surface area contributed by atoms with Crippen LogP contribution in [0.5, 0.6) is 0 Å². The van der Waals surface area contributed by atoms with Crippen molar-refractivity contribution >= 4 is 27.3 Å². The van der Waals surface area contributed by atoms with Gasteiger partial charge in [0.25, 0.3) is 0 Å². The Bertz CT molecular complexity index is 632. The van der Waals surface area contributed by atoms with Crippen LogP contribution in [0.15, 0.2) is 40.9 Å². The van der Waals surface area contributed by atoms with Gasteiger partial charge in [0.15, 0.2) is 0 Å². The van der Waals surface area contributed by atoms with E-state index in [2.05, 4.69) is 27.3 Å². The minimum absolute atomic E-state index is 0.338. The van der Waals surface area contributed by atoms with Crippen LogP contribution >= 0.6 is 15.9 Å². The summed E-state index contributed by atoms with van der Waals surface area (Å²) in [5.74, 6) is -0.359. The molecule has 18 heavy (non-hydrogen) atoms. The Balaban J connectivity index is 2.40. The molecule has 0 radical (unpaired) electrons. The van der Waals surface area contributed by atoms with Crippen LogP contribution < -0.4 is 5.32 Å². The molecule has 0 heterocycles. The molecule has 0 saturated carbocycles. The van der Waals surface area contributed by atoms with Gasteiger partial charge < -0.3 is 5.32 Å². The highest BCUT2D eigenvalue weighted by molar-refractivity contribution is 9.10. The highest BCUT2D eigenvalue weighted by atomic mass is 79.9. The van der Waals surface area contributed by atoms with Crippen molar-refractivity contribution in [3.05, 3.63) is 57.8 Å². The Morgan fingerprint density at radius 3 is 2.67 bits per heavy atom. The first kappa shape index (κ1) is 12.6. The molecule has 0 amide bonds. The zero-order chi connectivity index (χ0) is 13.1. The average molecular weight is 305 g/mol. The largest absolute Gasteiger partial charge is 0.352 e. The van der Waals surface area contributed by atoms with Crippen LogP contribution in [-0.2, 0) is 0 Å². The van der Waals surface area contributed by atoms with Gasteiger partial charge in [-0.2, -0.15) is 5.26 Å². The number of nitrogens with zero attached hydrogens (tertiary/aromatic N) is 1. The Hall–Kier alpha value is -1.86. The van der Waals surface area contributed by atoms with Gasteiger partial charge in [-0.25, -0.2) is 4.39 Å². The third-order valence-electron chi connectivity index (χ3n) is 2.49. The number of anilines is 2. The molecule has 2 aromatic rings. The number of nitriles is 1. The second kappa shape index (κ2) is 5.19. The van der Waals surface area contributed by atoms with Gasteiger partial charge in [0.2, 0.25) is 0 Å². The normalized spacial score (nSPS) is 9.89. The van der Waals surface area contributed by atoms with Crippen LogP contribution in [0.2, 0.25) is 0 Å². The highest BCUT2D eigenvalue weighted by Gasteiger charge is 2.06. The van der Waals surface area contributed by atoms with Crippen LogP contribution in [0.4, 0.5) is 15.8 Å². The molecule has 0 unspecified atom stereocenters. The molecule has 0 aliphatic heterocycles. The van der Waals surface area contributed by atoms with Gasteiger partial charge in [-0.3, -0.25) is 0 Å². The third-order valence-corrected chi connectivity index (χ3v) is 2.99. The van der Waals surface area contributed by atoms with Crippen molar-refractivity contribution in [3.8, 4) is 6.07 Å². The summed E-state index contributed by atoms with van der Waals surface area (Å²) in [6.45, 7) is 1.91. The molecule has 2 aromatic carbocycles. The molecule has 0 aliphatic rings. The van der Waals surface area contributed by atoms with Crippen molar-refractivity contribution < 1.29 is 4.39 Å². The molecule has 0 atom stereocenters. The fraction of sp³-hybridized carbons (Fsp3) is 0.0714. The minimum Gasteiger partial charge on any atom is -0.352 e. The molecule has 0 aromatic heterocycles. The number of halogens is 2. The molecular weight excluding hydrogens is 295 g/mol. The quantitative estimate of drug-likeness (QED) is 0.886. The lowest BCUT2D eigenvalue weighted by Crippen LogP contribution is -1.96. The zero-order valence-corrected chi connectivity index (χ0v) is 11.3. The summed E-state index contributed by atoms with van der Waals surface area (Å²) < 4.78 is 14.4. The number of aryl methyl sites for hydroxylation is 1. The predicted octanol–water partition coefficient (Wildman–Crippen LogP) is 4.51. The molecule has 4 heteroatoms. The van der Waals surface area contributed by atoms with E-state index in [4.69, 9.17) is 5.26 Å². The molecule has 0 fully saturated rings. The van der Waals surface area contributed by atoms with Crippen LogP contribution in [0, 0.1) is 24.1 Å². The molecule has 1 N–H and O–H groups in total. The predicted molar refractivity (Wildman–Crippen MR) is 73.3 cm³/mol. The molecule has 0 bridgehead atoms. The molecule has 0 aliphatic carbocycles. The summed E-state index contributed by atoms with van der Waals surface area (Å²) in [7, 11) is 0. The van der Waals surface area contributed by atoms with Crippen LogP contribution in [0.3, 0.4) is 0 Å². The number of hydrogen-bond donors (Lipinski definition) is 1. The second-order valence-corrected chi connectivity index (χ2v) is 4.83. The van der Waals surface area contributed by atoms with Crippen molar-refractivity contribution in [1.29, 1.82) is 5.26 Å². The maximum Gasteiger partial charge on any atom is 0.146 e. The fourth-order valence-electron chi connectivity index (χ4n) is 1.60. The van der Waals surface area contributed by atoms with E-state index in [0.29, 0.717) is 16.9 Å². The monoisotopic (exact) mass is 304 g/mol. The highest BCUT2D eigenvalue weighted by Crippen LogP contribution is 2.26. The van der Waals surface area contributed by atoms with E-state index in [9.17, 15) is 4.39 Å². The first-order valence-corrected chi connectivity index (χ1v) is 6.12. The van der Waals surface area contributed by atoms with Crippen molar-refractivity contribution in [2.45, 2.75) is 6.92 Å². The van der Waals surface area contributed by atoms with Gasteiger partial charge in [-0.05, 0) is 42.8 Å². The molecule has 90 valence electrons. The molecule has 0 saturated heterocycles. The van der Waals surface area contributed by atoms with E-state index in [1.807, 2.05) is 13.0 Å². The summed E-state index contributed by atoms with van der Waals surface area (Å²) in [4.78, 5) is 0. The minimum atomic E-state index is -0.359. The zero-order valence-electron chi connectivity index (χ0n) is 9.67. The van der Waals surface area contributed by atoms with Crippen LogP contribution in [-0.4, -0.2) is 0 Å². The lowest BCUT2D eigenvalue weighted by atomic mass is 10.1. The van der Waals surface area contributed by atoms with E-state index >= 15 is 0 Å². The van der Waals surface area contributed by atoms with E-state index in [1.54, 1.807) is 24.3 Å². The van der Waals surface area contributed by atoms with Crippen LogP contribution in [0.25, 0.3) is 0 Å². The molecule has 2 nitrogen and oxygen atoms in total. The van der Waals surface area contributed by atoms with Gasteiger partial charge in [-0.15, -0.1) is 0 Å². The summed E-state index contributed by atoms with van der Waals surface area (Å²) in [6.07, 6.45) is 0. The number of rotatable bonds is 2. The third kappa shape index (κ3) is 2.69. The second-order valence-electron chi connectivity index (χ2n) is 3.91. The first-order chi connectivity index (χ1) is 8.60. The maximum absolute atomic E-state index is 13.6. The summed E-state index contributed by atoms with van der Waals surface area (Å²) >= 11 is 3.29. The molecule has 0 spiro atoms. The standard InChI is InChI=1S/C14H10BrFN2/c1-9-2-5-13(10(6-9)8-17)18-14-7-11(15)3-4-12(14)16/h2-7,18H,1H3. The van der Waals surface area contributed by atoms with Crippen molar-refractivity contribution in [3.63, 3.8) is 0 Å². The lowest BCUT2D eigenvalue weighted by molar-refractivity contribution is 0.631. The lowest BCUT2D eigenvalue weighted by Gasteiger charge is -2.10.